The molecule has 0 saturated heterocycles. The number of sulfonamides is 1. The Hall–Kier alpha value is -2.78. The van der Waals surface area contributed by atoms with Crippen molar-refractivity contribution in [1.29, 1.82) is 0 Å². The van der Waals surface area contributed by atoms with Gasteiger partial charge in [0.1, 0.15) is 18.3 Å². The first-order chi connectivity index (χ1) is 17.1. The van der Waals surface area contributed by atoms with E-state index in [2.05, 4.69) is 5.32 Å². The van der Waals surface area contributed by atoms with Crippen molar-refractivity contribution in [2.24, 2.45) is 0 Å². The van der Waals surface area contributed by atoms with E-state index in [1.807, 2.05) is 0 Å². The molecule has 10 heteroatoms. The van der Waals surface area contributed by atoms with Gasteiger partial charge in [-0.1, -0.05) is 43.0 Å². The Labute approximate surface area is 218 Å². The van der Waals surface area contributed by atoms with Crippen molar-refractivity contribution in [2.75, 3.05) is 24.2 Å². The number of hydrogen-bond donors (Lipinski definition) is 1. The lowest BCUT2D eigenvalue weighted by atomic mass is 9.95. The monoisotopic (exact) mass is 535 g/mol. The molecule has 196 valence electrons. The standard InChI is InChI=1S/C26H34ClN3O5S/c1-19(26(32)28-22-7-5-4-6-8-22)29(17-20-9-11-21(27)12-10-20)25(31)18-30(36(3,33)34)23-13-15-24(35-2)16-14-23/h9-16,19,22H,4-8,17-18H2,1-3H3,(H,28,32). The van der Waals surface area contributed by atoms with Crippen LogP contribution in [0.1, 0.15) is 44.6 Å². The molecule has 1 aliphatic rings. The van der Waals surface area contributed by atoms with Gasteiger partial charge < -0.3 is 15.0 Å². The highest BCUT2D eigenvalue weighted by Crippen LogP contribution is 2.23. The van der Waals surface area contributed by atoms with Gasteiger partial charge in [0.25, 0.3) is 0 Å². The van der Waals surface area contributed by atoms with Crippen LogP contribution in [0.5, 0.6) is 5.75 Å². The molecular weight excluding hydrogens is 502 g/mol. The maximum atomic E-state index is 13.6. The Morgan fingerprint density at radius 1 is 1.06 bits per heavy atom. The predicted octanol–water partition coefficient (Wildman–Crippen LogP) is 3.98. The molecule has 3 rings (SSSR count). The van der Waals surface area contributed by atoms with Gasteiger partial charge in [0, 0.05) is 17.6 Å². The van der Waals surface area contributed by atoms with Gasteiger partial charge in [-0.15, -0.1) is 0 Å². The van der Waals surface area contributed by atoms with E-state index in [1.54, 1.807) is 55.5 Å². The zero-order chi connectivity index (χ0) is 26.3. The summed E-state index contributed by atoms with van der Waals surface area (Å²) < 4.78 is 31.5. The second kappa shape index (κ2) is 12.5. The molecule has 2 aromatic carbocycles. The minimum Gasteiger partial charge on any atom is -0.497 e. The van der Waals surface area contributed by atoms with Crippen LogP contribution in [0.2, 0.25) is 5.02 Å². The number of halogens is 1. The Bertz CT molecular complexity index is 1130. The van der Waals surface area contributed by atoms with E-state index in [1.165, 1.54) is 12.0 Å². The summed E-state index contributed by atoms with van der Waals surface area (Å²) in [6.45, 7) is 1.36. The smallest absolute Gasteiger partial charge is 0.244 e. The summed E-state index contributed by atoms with van der Waals surface area (Å²) in [6, 6.07) is 12.7. The zero-order valence-corrected chi connectivity index (χ0v) is 22.5. The van der Waals surface area contributed by atoms with Crippen molar-refractivity contribution in [1.82, 2.24) is 10.2 Å². The molecular formula is C26H34ClN3O5S. The maximum absolute atomic E-state index is 13.6. The van der Waals surface area contributed by atoms with Crippen LogP contribution in [-0.4, -0.2) is 57.1 Å². The Morgan fingerprint density at radius 2 is 1.67 bits per heavy atom. The minimum atomic E-state index is -3.79. The second-order valence-electron chi connectivity index (χ2n) is 9.14. The predicted molar refractivity (Wildman–Crippen MR) is 142 cm³/mol. The van der Waals surface area contributed by atoms with Gasteiger partial charge in [0.05, 0.1) is 19.1 Å². The maximum Gasteiger partial charge on any atom is 0.244 e. The van der Waals surface area contributed by atoms with Crippen LogP contribution in [-0.2, 0) is 26.2 Å². The molecule has 1 aliphatic carbocycles. The van der Waals surface area contributed by atoms with Gasteiger partial charge in [-0.3, -0.25) is 13.9 Å². The molecule has 0 spiro atoms. The largest absolute Gasteiger partial charge is 0.497 e. The minimum absolute atomic E-state index is 0.0907. The molecule has 1 atom stereocenters. The zero-order valence-electron chi connectivity index (χ0n) is 20.9. The van der Waals surface area contributed by atoms with Gasteiger partial charge in [-0.05, 0) is 61.7 Å². The third kappa shape index (κ3) is 7.61. The van der Waals surface area contributed by atoms with Gasteiger partial charge in [0.2, 0.25) is 21.8 Å². The van der Waals surface area contributed by atoms with Gasteiger partial charge >= 0.3 is 0 Å². The first-order valence-electron chi connectivity index (χ1n) is 12.0. The number of hydrogen-bond acceptors (Lipinski definition) is 5. The molecule has 8 nitrogen and oxygen atoms in total. The van der Waals surface area contributed by atoms with Crippen molar-refractivity contribution in [3.05, 3.63) is 59.1 Å². The number of ether oxygens (including phenoxy) is 1. The summed E-state index contributed by atoms with van der Waals surface area (Å²) in [5.74, 6) is -0.173. The van der Waals surface area contributed by atoms with Gasteiger partial charge in [-0.25, -0.2) is 8.42 Å². The molecule has 2 aromatic rings. The van der Waals surface area contributed by atoms with E-state index in [-0.39, 0.29) is 18.5 Å². The first-order valence-corrected chi connectivity index (χ1v) is 14.3. The lowest BCUT2D eigenvalue weighted by Gasteiger charge is -2.33. The molecule has 0 bridgehead atoms. The number of methoxy groups -OCH3 is 1. The van der Waals surface area contributed by atoms with E-state index in [9.17, 15) is 18.0 Å². The number of benzene rings is 2. The van der Waals surface area contributed by atoms with Crippen LogP contribution < -0.4 is 14.4 Å². The average Bonchev–Trinajstić information content (AvgIpc) is 2.86. The van der Waals surface area contributed by atoms with Gasteiger partial charge in [0.15, 0.2) is 0 Å². The number of rotatable bonds is 10. The number of carbonyl (C=O) groups excluding carboxylic acids is 2. The van der Waals surface area contributed by atoms with E-state index >= 15 is 0 Å². The van der Waals surface area contributed by atoms with Gasteiger partial charge in [-0.2, -0.15) is 0 Å². The van der Waals surface area contributed by atoms with E-state index in [4.69, 9.17) is 16.3 Å². The summed E-state index contributed by atoms with van der Waals surface area (Å²) in [4.78, 5) is 28.2. The molecule has 1 N–H and O–H groups in total. The molecule has 0 aliphatic heterocycles. The molecule has 1 unspecified atom stereocenters. The number of anilines is 1. The highest BCUT2D eigenvalue weighted by atomic mass is 35.5. The van der Waals surface area contributed by atoms with Crippen LogP contribution in [0.25, 0.3) is 0 Å². The summed E-state index contributed by atoms with van der Waals surface area (Å²) in [5.41, 5.74) is 1.11. The fourth-order valence-corrected chi connectivity index (χ4v) is 5.28. The summed E-state index contributed by atoms with van der Waals surface area (Å²) >= 11 is 6.01. The lowest BCUT2D eigenvalue weighted by molar-refractivity contribution is -0.139. The molecule has 1 saturated carbocycles. The number of carbonyl (C=O) groups is 2. The van der Waals surface area contributed by atoms with Crippen LogP contribution >= 0.6 is 11.6 Å². The fraction of sp³-hybridized carbons (Fsp3) is 0.462. The molecule has 0 radical (unpaired) electrons. The molecule has 2 amide bonds. The molecule has 0 heterocycles. The van der Waals surface area contributed by atoms with Crippen LogP contribution in [0.15, 0.2) is 48.5 Å². The van der Waals surface area contributed by atoms with Crippen molar-refractivity contribution in [3.8, 4) is 5.75 Å². The molecule has 36 heavy (non-hydrogen) atoms. The summed E-state index contributed by atoms with van der Waals surface area (Å²) in [7, 11) is -2.27. The van der Waals surface area contributed by atoms with E-state index in [0.29, 0.717) is 16.5 Å². The SMILES string of the molecule is COc1ccc(N(CC(=O)N(Cc2ccc(Cl)cc2)C(C)C(=O)NC2CCCCC2)S(C)(=O)=O)cc1. The Balaban J connectivity index is 1.85. The van der Waals surface area contributed by atoms with Crippen molar-refractivity contribution < 1.29 is 22.7 Å². The highest BCUT2D eigenvalue weighted by molar-refractivity contribution is 7.92. The van der Waals surface area contributed by atoms with Crippen LogP contribution in [0.3, 0.4) is 0 Å². The van der Waals surface area contributed by atoms with Crippen LogP contribution in [0.4, 0.5) is 5.69 Å². The molecule has 1 fully saturated rings. The second-order valence-corrected chi connectivity index (χ2v) is 11.5. The first kappa shape index (κ1) is 27.8. The topological polar surface area (TPSA) is 96.0 Å². The van der Waals surface area contributed by atoms with E-state index < -0.39 is 28.5 Å². The number of nitrogens with one attached hydrogen (secondary N) is 1. The summed E-state index contributed by atoms with van der Waals surface area (Å²) in [5, 5.41) is 3.63. The summed E-state index contributed by atoms with van der Waals surface area (Å²) in [6.07, 6.45) is 6.19. The highest BCUT2D eigenvalue weighted by Gasteiger charge is 2.31. The third-order valence-corrected chi connectivity index (χ3v) is 7.82. The number of amides is 2. The normalized spacial score (nSPS) is 15.1. The molecule has 0 aromatic heterocycles. The lowest BCUT2D eigenvalue weighted by Crippen LogP contribution is -2.52. The number of nitrogens with zero attached hydrogens (tertiary/aromatic N) is 2. The Kier molecular flexibility index (Phi) is 9.62. The Morgan fingerprint density at radius 3 is 2.22 bits per heavy atom. The fourth-order valence-electron chi connectivity index (χ4n) is 4.30. The van der Waals surface area contributed by atoms with Crippen molar-refractivity contribution in [3.63, 3.8) is 0 Å². The van der Waals surface area contributed by atoms with Crippen molar-refractivity contribution in [2.45, 2.75) is 57.7 Å². The average molecular weight is 536 g/mol. The quantitative estimate of drug-likeness (QED) is 0.496. The van der Waals surface area contributed by atoms with E-state index in [0.717, 1.165) is 48.2 Å². The van der Waals surface area contributed by atoms with Crippen LogP contribution in [0, 0.1) is 0 Å². The van der Waals surface area contributed by atoms with Crippen molar-refractivity contribution >= 4 is 39.1 Å². The third-order valence-electron chi connectivity index (χ3n) is 6.42.